The zero-order valence-corrected chi connectivity index (χ0v) is 43.5. The number of thioether (sulfide) groups is 2. The minimum Gasteiger partial charge on any atom is -0.506 e. The molecular weight excluding hydrogens is 931 g/mol. The number of carboxylic acids is 1. The molecule has 0 bridgehead atoms. The van der Waals surface area contributed by atoms with Crippen LogP contribution in [0.1, 0.15) is 121 Å². The summed E-state index contributed by atoms with van der Waals surface area (Å²) in [6, 6.07) is 2.71. The Hall–Kier alpha value is -4.85. The van der Waals surface area contributed by atoms with Crippen molar-refractivity contribution in [3.8, 4) is 5.75 Å². The zero-order valence-electron chi connectivity index (χ0n) is 41.0. The van der Waals surface area contributed by atoms with Crippen molar-refractivity contribution in [1.29, 1.82) is 0 Å². The van der Waals surface area contributed by atoms with Gasteiger partial charge in [-0.25, -0.2) is 4.98 Å². The molecule has 2 aromatic rings. The molecule has 1 aromatic heterocycles. The Labute approximate surface area is 412 Å². The Morgan fingerprint density at radius 2 is 1.65 bits per heavy atom. The average molecular weight is 1000 g/mol. The van der Waals surface area contributed by atoms with Crippen LogP contribution in [0.3, 0.4) is 0 Å². The maximum atomic E-state index is 14.3. The fourth-order valence-electron chi connectivity index (χ4n) is 7.62. The number of benzene rings is 1. The normalized spacial score (nSPS) is 18.4. The van der Waals surface area contributed by atoms with Gasteiger partial charge >= 0.3 is 11.9 Å². The highest BCUT2D eigenvalue weighted by Gasteiger charge is 2.39. The van der Waals surface area contributed by atoms with Gasteiger partial charge in [-0.15, -0.1) is 34.9 Å². The zero-order chi connectivity index (χ0) is 51.0. The number of aromatic nitrogens is 1. The van der Waals surface area contributed by atoms with E-state index in [9.17, 15) is 48.6 Å². The molecule has 3 rings (SSSR count). The number of aliphatic carboxylic acids is 1. The molecule has 374 valence electrons. The molecule has 0 spiro atoms. The van der Waals surface area contributed by atoms with Crippen molar-refractivity contribution in [3.05, 3.63) is 62.8 Å². The van der Waals surface area contributed by atoms with Crippen LogP contribution in [-0.4, -0.2) is 116 Å². The maximum Gasteiger partial charge on any atom is 0.306 e. The van der Waals surface area contributed by atoms with Crippen LogP contribution in [0.2, 0.25) is 0 Å². The lowest BCUT2D eigenvalue weighted by Gasteiger charge is -2.38. The van der Waals surface area contributed by atoms with E-state index in [1.807, 2.05) is 60.5 Å². The number of rotatable bonds is 23. The summed E-state index contributed by atoms with van der Waals surface area (Å²) < 4.78 is 5.81. The number of ketones is 3. The number of carbonyl (C=O) groups excluding carboxylic acids is 7. The third-order valence-corrected chi connectivity index (χ3v) is 15.3. The molecule has 3 amide bonds. The fraction of sp³-hybridized carbons (Fsp3) is 0.571. The molecule has 2 heterocycles. The summed E-state index contributed by atoms with van der Waals surface area (Å²) >= 11 is 3.84. The van der Waals surface area contributed by atoms with Gasteiger partial charge < -0.3 is 30.5 Å². The van der Waals surface area contributed by atoms with Crippen LogP contribution in [-0.2, 0) is 44.7 Å². The molecule has 0 aliphatic carbocycles. The van der Waals surface area contributed by atoms with Crippen LogP contribution in [0, 0.1) is 29.6 Å². The van der Waals surface area contributed by atoms with Gasteiger partial charge in [0.1, 0.15) is 22.5 Å². The number of phenols is 1. The number of nitrogens with one attached hydrogen (secondary N) is 2. The van der Waals surface area contributed by atoms with Gasteiger partial charge in [-0.3, -0.25) is 43.3 Å². The minimum absolute atomic E-state index is 0.0151. The van der Waals surface area contributed by atoms with E-state index in [4.69, 9.17) is 4.74 Å². The van der Waals surface area contributed by atoms with E-state index in [-0.39, 0.29) is 90.7 Å². The number of amides is 3. The second-order valence-corrected chi connectivity index (χ2v) is 21.6. The Morgan fingerprint density at radius 1 is 0.985 bits per heavy atom. The molecule has 0 saturated heterocycles. The summed E-state index contributed by atoms with van der Waals surface area (Å²) in [6.07, 6.45) is 2.39. The first kappa shape index (κ1) is 57.5. The molecule has 2 unspecified atom stereocenters. The Kier molecular flexibility index (Phi) is 22.6. The number of nitrogens with zero attached hydrogens (tertiary/aromatic N) is 3. The Morgan fingerprint density at radius 3 is 2.25 bits per heavy atom. The summed E-state index contributed by atoms with van der Waals surface area (Å²) in [5, 5.41) is 31.4. The lowest BCUT2D eigenvalue weighted by Crippen LogP contribution is -2.50. The molecule has 4 N–H and O–H groups in total. The molecule has 1 aliphatic heterocycles. The first-order valence-corrected chi connectivity index (χ1v) is 25.7. The highest BCUT2D eigenvalue weighted by atomic mass is 32.2. The molecule has 16 nitrogen and oxygen atoms in total. The summed E-state index contributed by atoms with van der Waals surface area (Å²) in [5.41, 5.74) is -0.145. The van der Waals surface area contributed by atoms with Gasteiger partial charge in [0.15, 0.2) is 23.5 Å². The summed E-state index contributed by atoms with van der Waals surface area (Å²) in [6.45, 7) is 14.3. The molecule has 1 aromatic carbocycles. The third kappa shape index (κ3) is 17.3. The standard InChI is InChI=1S/C49H69N5O11S3/c1-12-29(4)35(24-43(59)49(7,8)53(9)10)47(62)54(11)39(28(2)3)25-42(65-31(6)55)46-52-38(26-68-46)41(58)22-33(19-30(5)48(63)64)20-32-13-14-40(57)36(21-32)51-45(61)37-23-34(56)15-17-66-27-67-18-16-44(60)50-37/h13-18,21,26,28-30,33,35,37,39,42,57H,12,19-20,22-25,27H2,1-11H3,(H,50,60)(H,51,61)(H,63,64)/b17-15+,18-16+/t29-,30?,33+,35-,37?,39+,42+/m0/s1. The van der Waals surface area contributed by atoms with Crippen LogP contribution < -0.4 is 10.6 Å². The van der Waals surface area contributed by atoms with Crippen LogP contribution in [0.25, 0.3) is 0 Å². The van der Waals surface area contributed by atoms with Crippen LogP contribution in [0.5, 0.6) is 5.75 Å². The second kappa shape index (κ2) is 26.8. The number of aromatic hydroxyl groups is 1. The monoisotopic (exact) mass is 999 g/mol. The smallest absolute Gasteiger partial charge is 0.306 e. The van der Waals surface area contributed by atoms with E-state index in [0.29, 0.717) is 22.1 Å². The molecular formula is C49H69N5O11S3. The number of phenolic OH excluding ortho intramolecular Hbond substituents is 1. The van der Waals surface area contributed by atoms with Crippen LogP contribution in [0.4, 0.5) is 5.69 Å². The highest BCUT2D eigenvalue weighted by molar-refractivity contribution is 8.18. The maximum absolute atomic E-state index is 14.3. The number of carboxylic acid groups (broad SMARTS) is 1. The van der Waals surface area contributed by atoms with E-state index in [1.54, 1.807) is 34.2 Å². The van der Waals surface area contributed by atoms with Crippen LogP contribution >= 0.6 is 34.9 Å². The van der Waals surface area contributed by atoms with Gasteiger partial charge in [-0.05, 0) is 93.1 Å². The third-order valence-electron chi connectivity index (χ3n) is 12.6. The van der Waals surface area contributed by atoms with E-state index in [0.717, 1.165) is 11.3 Å². The Bertz CT molecular complexity index is 2160. The molecule has 68 heavy (non-hydrogen) atoms. The van der Waals surface area contributed by atoms with E-state index in [2.05, 4.69) is 15.6 Å². The topological polar surface area (TPSA) is 230 Å². The average Bonchev–Trinajstić information content (AvgIpc) is 3.76. The van der Waals surface area contributed by atoms with Crippen molar-refractivity contribution < 1.29 is 53.3 Å². The number of Topliss-reactive ketones (excluding diaryl/α,β-unsaturated/α-hetero) is 2. The highest BCUT2D eigenvalue weighted by Crippen LogP contribution is 2.34. The first-order chi connectivity index (χ1) is 31.8. The predicted octanol–water partition coefficient (Wildman–Crippen LogP) is 7.68. The number of allylic oxidation sites excluding steroid dienone is 1. The number of anilines is 1. The van der Waals surface area contributed by atoms with Gasteiger partial charge in [-0.2, -0.15) is 0 Å². The van der Waals surface area contributed by atoms with Crippen molar-refractivity contribution in [2.45, 2.75) is 124 Å². The number of carbonyl (C=O) groups is 8. The van der Waals surface area contributed by atoms with E-state index in [1.165, 1.54) is 61.7 Å². The number of hydrogen-bond donors (Lipinski definition) is 4. The van der Waals surface area contributed by atoms with E-state index >= 15 is 0 Å². The van der Waals surface area contributed by atoms with Gasteiger partial charge in [-0.1, -0.05) is 47.1 Å². The summed E-state index contributed by atoms with van der Waals surface area (Å²) in [7, 11) is 5.36. The van der Waals surface area contributed by atoms with Crippen molar-refractivity contribution in [2.75, 3.05) is 31.5 Å². The van der Waals surface area contributed by atoms with Crippen molar-refractivity contribution in [3.63, 3.8) is 0 Å². The van der Waals surface area contributed by atoms with Gasteiger partial charge in [0.2, 0.25) is 17.7 Å². The Balaban J connectivity index is 1.87. The lowest BCUT2D eigenvalue weighted by atomic mass is 9.81. The number of hydrogen-bond acceptors (Lipinski definition) is 15. The number of likely N-dealkylation sites (N-methyl/N-ethyl adjacent to an activating group) is 1. The van der Waals surface area contributed by atoms with Crippen LogP contribution in [0.15, 0.2) is 46.5 Å². The molecule has 19 heteroatoms. The van der Waals surface area contributed by atoms with Crippen molar-refractivity contribution in [2.24, 2.45) is 29.6 Å². The van der Waals surface area contributed by atoms with E-state index < -0.39 is 65.2 Å². The van der Waals surface area contributed by atoms with Gasteiger partial charge in [0, 0.05) is 68.2 Å². The quantitative estimate of drug-likeness (QED) is 0.0475. The summed E-state index contributed by atoms with van der Waals surface area (Å²) in [4.78, 5) is 113. The molecule has 0 fully saturated rings. The lowest BCUT2D eigenvalue weighted by molar-refractivity contribution is -0.150. The minimum atomic E-state index is -1.27. The SMILES string of the molecule is CC[C@H](C)[C@H](CC(=O)C(C)(C)N(C)C)C(=O)N(C)[C@H](C[C@@H](OC(C)=O)c1nc(C(=O)C[C@@H](Cc2ccc(O)c(NC(=O)C3CC(=O)/C=C/SCS/C=C/C(=O)N3)c2)CC(C)C(=O)O)cs1)C(C)C. The molecule has 0 saturated carbocycles. The van der Waals surface area contributed by atoms with Crippen molar-refractivity contribution in [1.82, 2.24) is 20.1 Å². The number of thiazole rings is 1. The number of ether oxygens (including phenoxy) is 1. The van der Waals surface area contributed by atoms with Gasteiger partial charge in [0.05, 0.1) is 17.1 Å². The fourth-order valence-corrected chi connectivity index (χ4v) is 9.89. The second-order valence-electron chi connectivity index (χ2n) is 18.5. The summed E-state index contributed by atoms with van der Waals surface area (Å²) in [5.74, 6) is -6.44. The predicted molar refractivity (Wildman–Crippen MR) is 267 cm³/mol. The first-order valence-electron chi connectivity index (χ1n) is 22.7. The largest absolute Gasteiger partial charge is 0.506 e. The molecule has 0 radical (unpaired) electrons. The number of esters is 1. The molecule has 1 aliphatic rings. The van der Waals surface area contributed by atoms with Gasteiger partial charge in [0.25, 0.3) is 0 Å². The molecule has 7 atom stereocenters. The van der Waals surface area contributed by atoms with Crippen molar-refractivity contribution >= 4 is 87.6 Å².